The first-order valence-electron chi connectivity index (χ1n) is 4.59. The molecule has 9 heteroatoms. The van der Waals surface area contributed by atoms with Crippen molar-refractivity contribution in [1.82, 2.24) is 4.13 Å². The van der Waals surface area contributed by atoms with Gasteiger partial charge >= 0.3 is 0 Å². The first-order valence-corrected chi connectivity index (χ1v) is 7.72. The molecule has 96 valence electrons. The topological polar surface area (TPSA) is 132 Å². The van der Waals surface area contributed by atoms with Gasteiger partial charge in [-0.3, -0.25) is 0 Å². The number of hydrogen-bond donors (Lipinski definition) is 3. The Morgan fingerprint density at radius 2 is 1.59 bits per heavy atom. The molecule has 0 radical (unpaired) electrons. The molecule has 7 nitrogen and oxygen atoms in total. The zero-order chi connectivity index (χ0) is 13.1. The highest BCUT2D eigenvalue weighted by molar-refractivity contribution is 8.04. The summed E-state index contributed by atoms with van der Waals surface area (Å²) in [6.07, 6.45) is 0. The molecule has 0 aromatic heterocycles. The highest BCUT2D eigenvalue weighted by Crippen LogP contribution is 2.12. The molecule has 0 aliphatic rings. The van der Waals surface area contributed by atoms with Gasteiger partial charge in [-0.2, -0.15) is 0 Å². The molecule has 1 aromatic rings. The Labute approximate surface area is 99.9 Å². The summed E-state index contributed by atoms with van der Waals surface area (Å²) in [5, 5.41) is 0. The zero-order valence-electron chi connectivity index (χ0n) is 8.83. The molecule has 0 unspecified atom stereocenters. The lowest BCUT2D eigenvalue weighted by molar-refractivity contribution is 0.577. The van der Waals surface area contributed by atoms with Gasteiger partial charge in [0.15, 0.2) is 0 Å². The van der Waals surface area contributed by atoms with E-state index >= 15 is 0 Å². The summed E-state index contributed by atoms with van der Waals surface area (Å²) in [6, 6.07) is 5.17. The Hall–Kier alpha value is -1.16. The minimum Gasteiger partial charge on any atom is -0.399 e. The summed E-state index contributed by atoms with van der Waals surface area (Å²) < 4.78 is 47.5. The van der Waals surface area contributed by atoms with E-state index < -0.39 is 25.8 Å². The molecule has 0 saturated carbocycles. The lowest BCUT2D eigenvalue weighted by Crippen LogP contribution is -2.34. The number of nitrogen functional groups attached to an aromatic ring is 1. The smallest absolute Gasteiger partial charge is 0.253 e. The Morgan fingerprint density at radius 1 is 1.06 bits per heavy atom. The van der Waals surface area contributed by atoms with E-state index in [1.165, 1.54) is 24.3 Å². The molecular weight excluding hydrogens is 266 g/mol. The van der Waals surface area contributed by atoms with Crippen molar-refractivity contribution in [1.29, 1.82) is 0 Å². The lowest BCUT2D eigenvalue weighted by Gasteiger charge is -2.07. The SMILES string of the molecule is NCCS(=O)(=O)NS(=O)(=O)c1ccc(N)cc1. The van der Waals surface area contributed by atoms with Gasteiger partial charge in [0.1, 0.15) is 0 Å². The van der Waals surface area contributed by atoms with Crippen LogP contribution in [0.4, 0.5) is 5.69 Å². The van der Waals surface area contributed by atoms with E-state index in [4.69, 9.17) is 11.5 Å². The number of rotatable bonds is 5. The van der Waals surface area contributed by atoms with Gasteiger partial charge in [0.25, 0.3) is 10.0 Å². The van der Waals surface area contributed by atoms with Crippen LogP contribution in [0.2, 0.25) is 0 Å². The maximum Gasteiger partial charge on any atom is 0.253 e. The Morgan fingerprint density at radius 3 is 2.06 bits per heavy atom. The van der Waals surface area contributed by atoms with Gasteiger partial charge in [-0.1, -0.05) is 0 Å². The third-order valence-corrected chi connectivity index (χ3v) is 5.37. The molecule has 5 N–H and O–H groups in total. The molecular formula is C8H13N3O4S2. The van der Waals surface area contributed by atoms with Crippen LogP contribution in [-0.4, -0.2) is 29.1 Å². The van der Waals surface area contributed by atoms with Crippen LogP contribution in [0.25, 0.3) is 0 Å². The second-order valence-corrected chi connectivity index (χ2v) is 7.05. The number of nitrogens with two attached hydrogens (primary N) is 2. The minimum atomic E-state index is -4.11. The van der Waals surface area contributed by atoms with Crippen molar-refractivity contribution in [2.75, 3.05) is 18.0 Å². The maximum absolute atomic E-state index is 11.7. The normalized spacial score (nSPS) is 12.5. The van der Waals surface area contributed by atoms with Crippen molar-refractivity contribution in [3.8, 4) is 0 Å². The molecule has 0 atom stereocenters. The summed E-state index contributed by atoms with van der Waals surface area (Å²) in [5.41, 5.74) is 10.8. The standard InChI is InChI=1S/C8H13N3O4S2/c9-5-6-16(12,13)11-17(14,15)8-3-1-7(10)2-4-8/h1-4,11H,5-6,9-10H2. The summed E-state index contributed by atoms with van der Waals surface area (Å²) >= 11 is 0. The maximum atomic E-state index is 11.7. The predicted octanol–water partition coefficient (Wildman–Crippen LogP) is -1.16. The minimum absolute atomic E-state index is 0.160. The number of anilines is 1. The van der Waals surface area contributed by atoms with Crippen LogP contribution >= 0.6 is 0 Å². The molecule has 1 rings (SSSR count). The van der Waals surface area contributed by atoms with Gasteiger partial charge in [0, 0.05) is 12.2 Å². The summed E-state index contributed by atoms with van der Waals surface area (Å²) in [4.78, 5) is -0.174. The fourth-order valence-corrected chi connectivity index (χ4v) is 3.92. The van der Waals surface area contributed by atoms with Crippen molar-refractivity contribution in [3.05, 3.63) is 24.3 Å². The van der Waals surface area contributed by atoms with E-state index in [0.717, 1.165) is 0 Å². The van der Waals surface area contributed by atoms with Crippen LogP contribution in [0.1, 0.15) is 0 Å². The van der Waals surface area contributed by atoms with Gasteiger partial charge in [0.05, 0.1) is 10.6 Å². The lowest BCUT2D eigenvalue weighted by atomic mass is 10.3. The number of benzene rings is 1. The second-order valence-electron chi connectivity index (χ2n) is 3.26. The average molecular weight is 279 g/mol. The molecule has 0 aliphatic heterocycles. The summed E-state index contributed by atoms with van der Waals surface area (Å²) in [7, 11) is -8.05. The molecule has 0 heterocycles. The first kappa shape index (κ1) is 13.9. The molecule has 0 saturated heterocycles. The molecule has 1 aromatic carbocycles. The van der Waals surface area contributed by atoms with Gasteiger partial charge in [0.2, 0.25) is 10.0 Å². The van der Waals surface area contributed by atoms with Crippen LogP contribution in [-0.2, 0) is 20.0 Å². The fraction of sp³-hybridized carbons (Fsp3) is 0.250. The average Bonchev–Trinajstić information content (AvgIpc) is 2.16. The van der Waals surface area contributed by atoms with Crippen LogP contribution in [0.5, 0.6) is 0 Å². The Bertz CT molecular complexity index is 578. The van der Waals surface area contributed by atoms with E-state index in [-0.39, 0.29) is 11.4 Å². The van der Waals surface area contributed by atoms with E-state index in [1.54, 1.807) is 4.13 Å². The van der Waals surface area contributed by atoms with Crippen LogP contribution in [0.15, 0.2) is 29.2 Å². The van der Waals surface area contributed by atoms with Crippen molar-refractivity contribution in [2.24, 2.45) is 5.73 Å². The van der Waals surface area contributed by atoms with Crippen molar-refractivity contribution in [3.63, 3.8) is 0 Å². The molecule has 0 amide bonds. The zero-order valence-corrected chi connectivity index (χ0v) is 10.5. The van der Waals surface area contributed by atoms with Crippen molar-refractivity contribution >= 4 is 25.7 Å². The quantitative estimate of drug-likeness (QED) is 0.582. The third kappa shape index (κ3) is 3.97. The molecule has 0 spiro atoms. The Balaban J connectivity index is 3.01. The summed E-state index contributed by atoms with van der Waals surface area (Å²) in [5.74, 6) is -0.457. The highest BCUT2D eigenvalue weighted by atomic mass is 32.3. The number of sulfonamides is 2. The highest BCUT2D eigenvalue weighted by Gasteiger charge is 2.21. The molecule has 0 aliphatic carbocycles. The number of hydrogen-bond acceptors (Lipinski definition) is 6. The van der Waals surface area contributed by atoms with Gasteiger partial charge < -0.3 is 11.5 Å². The van der Waals surface area contributed by atoms with Gasteiger partial charge in [-0.15, -0.1) is 4.13 Å². The molecule has 0 bridgehead atoms. The van der Waals surface area contributed by atoms with Gasteiger partial charge in [-0.25, -0.2) is 16.8 Å². The number of nitrogens with one attached hydrogen (secondary N) is 1. The predicted molar refractivity (Wildman–Crippen MR) is 64.0 cm³/mol. The first-order chi connectivity index (χ1) is 7.77. The van der Waals surface area contributed by atoms with Crippen LogP contribution < -0.4 is 15.6 Å². The fourth-order valence-electron chi connectivity index (χ4n) is 1.06. The van der Waals surface area contributed by atoms with Gasteiger partial charge in [-0.05, 0) is 24.3 Å². The van der Waals surface area contributed by atoms with Crippen LogP contribution in [0.3, 0.4) is 0 Å². The Kier molecular flexibility index (Phi) is 4.09. The van der Waals surface area contributed by atoms with E-state index in [0.29, 0.717) is 5.69 Å². The monoisotopic (exact) mass is 279 g/mol. The van der Waals surface area contributed by atoms with E-state index in [9.17, 15) is 16.8 Å². The van der Waals surface area contributed by atoms with Crippen molar-refractivity contribution in [2.45, 2.75) is 4.90 Å². The van der Waals surface area contributed by atoms with E-state index in [2.05, 4.69) is 0 Å². The van der Waals surface area contributed by atoms with Crippen LogP contribution in [0, 0.1) is 0 Å². The summed E-state index contributed by atoms with van der Waals surface area (Å²) in [6.45, 7) is -0.160. The third-order valence-electron chi connectivity index (χ3n) is 1.81. The van der Waals surface area contributed by atoms with E-state index in [1.807, 2.05) is 0 Å². The second kappa shape index (κ2) is 5.00. The molecule has 0 fully saturated rings. The van der Waals surface area contributed by atoms with Crippen molar-refractivity contribution < 1.29 is 16.8 Å². The largest absolute Gasteiger partial charge is 0.399 e. The molecule has 17 heavy (non-hydrogen) atoms.